The molecule has 1 saturated heterocycles. The van der Waals surface area contributed by atoms with Gasteiger partial charge in [-0.25, -0.2) is 4.79 Å². The van der Waals surface area contributed by atoms with Crippen LogP contribution in [0.5, 0.6) is 0 Å². The molecule has 0 bridgehead atoms. The number of nitrogens with one attached hydrogen (secondary N) is 2. The molecular weight excluding hydrogens is 569 g/mol. The van der Waals surface area contributed by atoms with Crippen LogP contribution in [0.25, 0.3) is 0 Å². The first-order chi connectivity index (χ1) is 19.6. The molecule has 0 radical (unpaired) electrons. The lowest BCUT2D eigenvalue weighted by atomic mass is 10.0. The Morgan fingerprint density at radius 2 is 1.71 bits per heavy atom. The maximum absolute atomic E-state index is 13.4. The molecule has 0 aromatic heterocycles. The number of anilines is 2. The fourth-order valence-corrected chi connectivity index (χ4v) is 5.05. The highest BCUT2D eigenvalue weighted by atomic mass is 35.5. The summed E-state index contributed by atoms with van der Waals surface area (Å²) in [6.45, 7) is 5.12. The summed E-state index contributed by atoms with van der Waals surface area (Å²) >= 11 is 12.2. The van der Waals surface area contributed by atoms with Crippen LogP contribution in [0.3, 0.4) is 0 Å². The number of carbonyl (C=O) groups excluding carboxylic acids is 2. The van der Waals surface area contributed by atoms with Crippen molar-refractivity contribution in [1.29, 1.82) is 0 Å². The van der Waals surface area contributed by atoms with Crippen LogP contribution in [0.1, 0.15) is 47.8 Å². The molecule has 0 saturated carbocycles. The molecule has 1 fully saturated rings. The van der Waals surface area contributed by atoms with Crippen LogP contribution in [0, 0.1) is 0 Å². The summed E-state index contributed by atoms with van der Waals surface area (Å²) in [5.41, 5.74) is 2.62. The molecule has 216 valence electrons. The van der Waals surface area contributed by atoms with Gasteiger partial charge in [0, 0.05) is 17.6 Å². The van der Waals surface area contributed by atoms with Crippen LogP contribution >= 0.6 is 23.2 Å². The maximum Gasteiger partial charge on any atom is 0.412 e. The SMILES string of the molecule is CC1COCC(C)N1c1ccc(C(=O)NC(CC(=O)O)c2ccc(Cl)c(Cl)c2)cc1NC(=O)OCc1ccccc1. The largest absolute Gasteiger partial charge is 0.481 e. The molecular formula is C30H31Cl2N3O6. The van der Waals surface area contributed by atoms with Gasteiger partial charge >= 0.3 is 12.1 Å². The second-order valence-corrected chi connectivity index (χ2v) is 10.7. The van der Waals surface area contributed by atoms with Crippen molar-refractivity contribution in [1.82, 2.24) is 5.32 Å². The standard InChI is InChI=1S/C30H31Cl2N3O6/c1-18-15-40-16-19(2)35(18)27-11-9-22(13-26(27)34-30(39)41-17-20-6-4-3-5-7-20)29(38)33-25(14-28(36)37)21-8-10-23(31)24(32)12-21/h3-13,18-19,25H,14-17H2,1-2H3,(H,33,38)(H,34,39)(H,36,37). The van der Waals surface area contributed by atoms with Gasteiger partial charge in [0.1, 0.15) is 6.61 Å². The van der Waals surface area contributed by atoms with Gasteiger partial charge in [-0.3, -0.25) is 14.9 Å². The van der Waals surface area contributed by atoms with E-state index < -0.39 is 24.0 Å². The molecule has 3 N–H and O–H groups in total. The molecule has 3 aromatic rings. The van der Waals surface area contributed by atoms with E-state index in [0.717, 1.165) is 5.56 Å². The van der Waals surface area contributed by atoms with Gasteiger partial charge < -0.3 is 24.8 Å². The average Bonchev–Trinajstić information content (AvgIpc) is 2.94. The zero-order valence-electron chi connectivity index (χ0n) is 22.6. The van der Waals surface area contributed by atoms with Crippen molar-refractivity contribution in [2.75, 3.05) is 23.4 Å². The minimum absolute atomic E-state index is 0.00826. The lowest BCUT2D eigenvalue weighted by Crippen LogP contribution is -2.50. The minimum Gasteiger partial charge on any atom is -0.481 e. The van der Waals surface area contributed by atoms with E-state index in [2.05, 4.69) is 15.5 Å². The summed E-state index contributed by atoms with van der Waals surface area (Å²) in [5, 5.41) is 15.6. The van der Waals surface area contributed by atoms with Gasteiger partial charge in [-0.15, -0.1) is 0 Å². The predicted molar refractivity (Wildman–Crippen MR) is 158 cm³/mol. The van der Waals surface area contributed by atoms with Crippen molar-refractivity contribution in [2.45, 2.75) is 45.0 Å². The van der Waals surface area contributed by atoms with E-state index in [1.807, 2.05) is 44.2 Å². The molecule has 11 heteroatoms. The van der Waals surface area contributed by atoms with E-state index in [0.29, 0.717) is 35.2 Å². The molecule has 41 heavy (non-hydrogen) atoms. The van der Waals surface area contributed by atoms with Gasteiger partial charge in [-0.2, -0.15) is 0 Å². The van der Waals surface area contributed by atoms with Crippen molar-refractivity contribution in [2.24, 2.45) is 0 Å². The predicted octanol–water partition coefficient (Wildman–Crippen LogP) is 6.30. The Morgan fingerprint density at radius 3 is 2.37 bits per heavy atom. The minimum atomic E-state index is -1.10. The quantitative estimate of drug-likeness (QED) is 0.264. The van der Waals surface area contributed by atoms with Crippen molar-refractivity contribution >= 4 is 52.5 Å². The highest BCUT2D eigenvalue weighted by molar-refractivity contribution is 6.42. The molecule has 1 aliphatic rings. The van der Waals surface area contributed by atoms with Crippen LogP contribution < -0.4 is 15.5 Å². The molecule has 3 atom stereocenters. The highest BCUT2D eigenvalue weighted by Crippen LogP contribution is 2.33. The van der Waals surface area contributed by atoms with Crippen LogP contribution in [-0.2, 0) is 20.9 Å². The second-order valence-electron chi connectivity index (χ2n) is 9.86. The number of carboxylic acids is 1. The number of hydrogen-bond acceptors (Lipinski definition) is 6. The molecule has 0 spiro atoms. The first kappa shape index (κ1) is 30.2. The third kappa shape index (κ3) is 7.91. The van der Waals surface area contributed by atoms with E-state index in [4.69, 9.17) is 32.7 Å². The van der Waals surface area contributed by atoms with Gasteiger partial charge in [0.15, 0.2) is 0 Å². The Morgan fingerprint density at radius 1 is 1.00 bits per heavy atom. The lowest BCUT2D eigenvalue weighted by molar-refractivity contribution is -0.137. The first-order valence-corrected chi connectivity index (χ1v) is 13.8. The number of carbonyl (C=O) groups is 3. The van der Waals surface area contributed by atoms with Crippen LogP contribution in [-0.4, -0.2) is 48.4 Å². The average molecular weight is 600 g/mol. The van der Waals surface area contributed by atoms with Gasteiger partial charge in [0.2, 0.25) is 0 Å². The number of benzene rings is 3. The molecule has 3 unspecified atom stereocenters. The third-order valence-electron chi connectivity index (χ3n) is 6.68. The number of aliphatic carboxylic acids is 1. The molecule has 1 aliphatic heterocycles. The van der Waals surface area contributed by atoms with E-state index in [1.165, 1.54) is 6.07 Å². The molecule has 2 amide bonds. The highest BCUT2D eigenvalue weighted by Gasteiger charge is 2.29. The van der Waals surface area contributed by atoms with Gasteiger partial charge in [-0.1, -0.05) is 59.6 Å². The number of carboxylic acid groups (broad SMARTS) is 1. The van der Waals surface area contributed by atoms with E-state index in [1.54, 1.807) is 30.3 Å². The number of amides is 2. The van der Waals surface area contributed by atoms with Crippen molar-refractivity contribution in [3.63, 3.8) is 0 Å². The van der Waals surface area contributed by atoms with Crippen LogP contribution in [0.4, 0.5) is 16.2 Å². The zero-order valence-corrected chi connectivity index (χ0v) is 24.1. The second kappa shape index (κ2) is 13.7. The van der Waals surface area contributed by atoms with Gasteiger partial charge in [0.25, 0.3) is 5.91 Å². The molecule has 1 heterocycles. The maximum atomic E-state index is 13.4. The monoisotopic (exact) mass is 599 g/mol. The summed E-state index contributed by atoms with van der Waals surface area (Å²) in [4.78, 5) is 39.9. The van der Waals surface area contributed by atoms with E-state index in [9.17, 15) is 19.5 Å². The Kier molecular flexibility index (Phi) is 10.1. The van der Waals surface area contributed by atoms with Crippen LogP contribution in [0.2, 0.25) is 10.0 Å². The fraction of sp³-hybridized carbons (Fsp3) is 0.300. The normalized spacial score (nSPS) is 17.4. The fourth-order valence-electron chi connectivity index (χ4n) is 4.75. The number of rotatable bonds is 9. The van der Waals surface area contributed by atoms with Gasteiger partial charge in [0.05, 0.1) is 47.1 Å². The Bertz CT molecular complexity index is 1390. The van der Waals surface area contributed by atoms with E-state index in [-0.39, 0.29) is 35.7 Å². The van der Waals surface area contributed by atoms with Crippen molar-refractivity contribution in [3.05, 3.63) is 93.5 Å². The van der Waals surface area contributed by atoms with Crippen molar-refractivity contribution < 1.29 is 29.0 Å². The summed E-state index contributed by atoms with van der Waals surface area (Å²) < 4.78 is 11.1. The smallest absolute Gasteiger partial charge is 0.412 e. The number of nitrogens with zero attached hydrogens (tertiary/aromatic N) is 1. The van der Waals surface area contributed by atoms with Crippen molar-refractivity contribution in [3.8, 4) is 0 Å². The lowest BCUT2D eigenvalue weighted by Gasteiger charge is -2.41. The molecule has 9 nitrogen and oxygen atoms in total. The summed E-state index contributed by atoms with van der Waals surface area (Å²) in [6, 6.07) is 18.0. The number of ether oxygens (including phenoxy) is 2. The molecule has 3 aromatic carbocycles. The number of hydrogen-bond donors (Lipinski definition) is 3. The van der Waals surface area contributed by atoms with Crippen LogP contribution in [0.15, 0.2) is 66.7 Å². The molecule has 0 aliphatic carbocycles. The number of morpholine rings is 1. The molecule has 4 rings (SSSR count). The number of halogens is 2. The Labute approximate surface area is 248 Å². The Balaban J connectivity index is 1.61. The Hall–Kier alpha value is -3.79. The summed E-state index contributed by atoms with van der Waals surface area (Å²) in [5.74, 6) is -1.63. The van der Waals surface area contributed by atoms with Gasteiger partial charge in [-0.05, 0) is 55.3 Å². The summed E-state index contributed by atoms with van der Waals surface area (Å²) in [7, 11) is 0. The zero-order chi connectivity index (χ0) is 29.5. The van der Waals surface area contributed by atoms with E-state index >= 15 is 0 Å². The topological polar surface area (TPSA) is 117 Å². The third-order valence-corrected chi connectivity index (χ3v) is 7.42. The first-order valence-electron chi connectivity index (χ1n) is 13.1. The summed E-state index contributed by atoms with van der Waals surface area (Å²) in [6.07, 6.45) is -1.05.